The van der Waals surface area contributed by atoms with Gasteiger partial charge in [-0.05, 0) is 24.3 Å². The molecule has 1 aromatic heterocycles. The predicted molar refractivity (Wildman–Crippen MR) is 67.9 cm³/mol. The molecule has 2 rings (SSSR count). The fraction of sp³-hybridized carbons (Fsp3) is 0.167. The Kier molecular flexibility index (Phi) is 3.57. The first-order valence-electron chi connectivity index (χ1n) is 5.15. The molecule has 0 aliphatic carbocycles. The van der Waals surface area contributed by atoms with E-state index in [2.05, 4.69) is 9.72 Å². The summed E-state index contributed by atoms with van der Waals surface area (Å²) in [5.74, 6) is -0.701. The van der Waals surface area contributed by atoms with Gasteiger partial charge in [-0.1, -0.05) is 11.3 Å². The Morgan fingerprint density at radius 2 is 2.06 bits per heavy atom. The molecule has 6 heteroatoms. The highest BCUT2D eigenvalue weighted by atomic mass is 32.1. The number of halogens is 1. The normalized spacial score (nSPS) is 10.2. The van der Waals surface area contributed by atoms with Crippen LogP contribution in [0.3, 0.4) is 0 Å². The van der Waals surface area contributed by atoms with Gasteiger partial charge in [0.2, 0.25) is 0 Å². The van der Waals surface area contributed by atoms with Gasteiger partial charge in [0.25, 0.3) is 0 Å². The van der Waals surface area contributed by atoms with E-state index in [0.717, 1.165) is 5.69 Å². The minimum absolute atomic E-state index is 0.290. The van der Waals surface area contributed by atoms with Crippen molar-refractivity contribution in [2.24, 2.45) is 0 Å². The largest absolute Gasteiger partial charge is 0.465 e. The molecule has 0 unspecified atom stereocenters. The highest BCUT2D eigenvalue weighted by Gasteiger charge is 2.14. The van der Waals surface area contributed by atoms with Crippen LogP contribution in [-0.2, 0) is 4.74 Å². The zero-order valence-corrected chi connectivity index (χ0v) is 10.7. The van der Waals surface area contributed by atoms with Crippen LogP contribution in [-0.4, -0.2) is 25.1 Å². The van der Waals surface area contributed by atoms with Crippen LogP contribution in [0.25, 0.3) is 0 Å². The summed E-state index contributed by atoms with van der Waals surface area (Å²) in [6, 6.07) is 6.05. The zero-order chi connectivity index (χ0) is 13.1. The monoisotopic (exact) mass is 266 g/mol. The Bertz CT molecular complexity index is 553. The maximum atomic E-state index is 12.8. The van der Waals surface area contributed by atoms with E-state index < -0.39 is 5.97 Å². The highest BCUT2D eigenvalue weighted by Crippen LogP contribution is 2.28. The lowest BCUT2D eigenvalue weighted by Crippen LogP contribution is -2.08. The average molecular weight is 266 g/mol. The molecule has 0 saturated heterocycles. The summed E-state index contributed by atoms with van der Waals surface area (Å²) in [4.78, 5) is 17.7. The van der Waals surface area contributed by atoms with Gasteiger partial charge in [0.05, 0.1) is 13.3 Å². The van der Waals surface area contributed by atoms with Gasteiger partial charge in [0, 0.05) is 12.7 Å². The Balaban J connectivity index is 2.23. The van der Waals surface area contributed by atoms with Crippen LogP contribution in [0, 0.1) is 5.82 Å². The highest BCUT2D eigenvalue weighted by molar-refractivity contribution is 7.17. The van der Waals surface area contributed by atoms with Gasteiger partial charge in [0.1, 0.15) is 10.7 Å². The number of esters is 1. The van der Waals surface area contributed by atoms with Gasteiger partial charge < -0.3 is 9.64 Å². The number of ether oxygens (including phenoxy) is 1. The van der Waals surface area contributed by atoms with Gasteiger partial charge in [-0.2, -0.15) is 0 Å². The van der Waals surface area contributed by atoms with Crippen molar-refractivity contribution in [2.45, 2.75) is 0 Å². The Morgan fingerprint density at radius 1 is 1.39 bits per heavy atom. The molecular weight excluding hydrogens is 255 g/mol. The molecule has 1 aromatic carbocycles. The second-order valence-corrected chi connectivity index (χ2v) is 4.54. The zero-order valence-electron chi connectivity index (χ0n) is 9.88. The Labute approximate surface area is 108 Å². The van der Waals surface area contributed by atoms with Gasteiger partial charge >= 0.3 is 5.97 Å². The van der Waals surface area contributed by atoms with Crippen LogP contribution >= 0.6 is 11.3 Å². The van der Waals surface area contributed by atoms with Gasteiger partial charge in [-0.25, -0.2) is 14.2 Å². The SMILES string of the molecule is COC(=O)c1cnc(N(C)c2ccc(F)cc2)s1. The van der Waals surface area contributed by atoms with Crippen LogP contribution in [0.1, 0.15) is 9.67 Å². The molecule has 0 aliphatic rings. The Hall–Kier alpha value is -1.95. The summed E-state index contributed by atoms with van der Waals surface area (Å²) in [5.41, 5.74) is 0.794. The summed E-state index contributed by atoms with van der Waals surface area (Å²) in [7, 11) is 3.12. The number of aromatic nitrogens is 1. The number of carbonyl (C=O) groups excluding carboxylic acids is 1. The summed E-state index contributed by atoms with van der Waals surface area (Å²) in [6.45, 7) is 0. The quantitative estimate of drug-likeness (QED) is 0.801. The number of anilines is 2. The van der Waals surface area contributed by atoms with Crippen molar-refractivity contribution < 1.29 is 13.9 Å². The molecule has 18 heavy (non-hydrogen) atoms. The van der Waals surface area contributed by atoms with Crippen molar-refractivity contribution in [1.82, 2.24) is 4.98 Å². The van der Waals surface area contributed by atoms with Crippen molar-refractivity contribution in [2.75, 3.05) is 19.1 Å². The van der Waals surface area contributed by atoms with E-state index in [9.17, 15) is 9.18 Å². The van der Waals surface area contributed by atoms with Crippen molar-refractivity contribution in [3.8, 4) is 0 Å². The van der Waals surface area contributed by atoms with Crippen LogP contribution in [0.2, 0.25) is 0 Å². The molecule has 1 heterocycles. The molecule has 0 radical (unpaired) electrons. The summed E-state index contributed by atoms with van der Waals surface area (Å²) in [6.07, 6.45) is 1.46. The number of rotatable bonds is 3. The van der Waals surface area contributed by atoms with E-state index in [-0.39, 0.29) is 5.82 Å². The molecular formula is C12H11FN2O2S. The number of nitrogens with zero attached hydrogens (tertiary/aromatic N) is 2. The van der Waals surface area contributed by atoms with Crippen molar-refractivity contribution in [1.29, 1.82) is 0 Å². The number of carbonyl (C=O) groups is 1. The standard InChI is InChI=1S/C12H11FN2O2S/c1-15(9-5-3-8(13)4-6-9)12-14-7-10(18-12)11(16)17-2/h3-7H,1-2H3. The van der Waals surface area contributed by atoms with Crippen LogP contribution in [0.15, 0.2) is 30.5 Å². The van der Waals surface area contributed by atoms with E-state index in [1.54, 1.807) is 24.1 Å². The summed E-state index contributed by atoms with van der Waals surface area (Å²) in [5, 5.41) is 0.641. The Morgan fingerprint density at radius 3 is 2.67 bits per heavy atom. The molecule has 94 valence electrons. The predicted octanol–water partition coefficient (Wildman–Crippen LogP) is 2.84. The molecule has 0 saturated carbocycles. The first-order chi connectivity index (χ1) is 8.61. The number of hydrogen-bond donors (Lipinski definition) is 0. The van der Waals surface area contributed by atoms with Crippen molar-refractivity contribution in [3.05, 3.63) is 41.2 Å². The topological polar surface area (TPSA) is 42.4 Å². The molecule has 0 fully saturated rings. The minimum Gasteiger partial charge on any atom is -0.465 e. The molecule has 0 aliphatic heterocycles. The van der Waals surface area contributed by atoms with Crippen LogP contribution in [0.4, 0.5) is 15.2 Å². The van der Waals surface area contributed by atoms with Crippen LogP contribution in [0.5, 0.6) is 0 Å². The molecule has 0 bridgehead atoms. The number of methoxy groups -OCH3 is 1. The molecule has 0 atom stereocenters. The van der Waals surface area contributed by atoms with Crippen molar-refractivity contribution in [3.63, 3.8) is 0 Å². The van der Waals surface area contributed by atoms with Gasteiger partial charge in [0.15, 0.2) is 5.13 Å². The maximum absolute atomic E-state index is 12.8. The second-order valence-electron chi connectivity index (χ2n) is 3.53. The molecule has 0 spiro atoms. The smallest absolute Gasteiger partial charge is 0.349 e. The van der Waals surface area contributed by atoms with Crippen molar-refractivity contribution >= 4 is 28.1 Å². The van der Waals surface area contributed by atoms with E-state index in [1.165, 1.54) is 36.8 Å². The third-order valence-electron chi connectivity index (χ3n) is 2.38. The lowest BCUT2D eigenvalue weighted by molar-refractivity contribution is 0.0606. The number of hydrogen-bond acceptors (Lipinski definition) is 5. The van der Waals surface area contributed by atoms with E-state index in [4.69, 9.17) is 0 Å². The number of thiazole rings is 1. The lowest BCUT2D eigenvalue weighted by atomic mass is 10.3. The first kappa shape index (κ1) is 12.5. The molecule has 0 amide bonds. The maximum Gasteiger partial charge on any atom is 0.349 e. The number of benzene rings is 1. The van der Waals surface area contributed by atoms with E-state index in [0.29, 0.717) is 10.0 Å². The lowest BCUT2D eigenvalue weighted by Gasteiger charge is -2.15. The second kappa shape index (κ2) is 5.14. The summed E-state index contributed by atoms with van der Waals surface area (Å²) >= 11 is 1.22. The van der Waals surface area contributed by atoms with E-state index in [1.807, 2.05) is 0 Å². The first-order valence-corrected chi connectivity index (χ1v) is 5.97. The van der Waals surface area contributed by atoms with Crippen LogP contribution < -0.4 is 4.90 Å². The van der Waals surface area contributed by atoms with Gasteiger partial charge in [-0.15, -0.1) is 0 Å². The third kappa shape index (κ3) is 2.48. The fourth-order valence-electron chi connectivity index (χ4n) is 1.39. The molecule has 2 aromatic rings. The molecule has 4 nitrogen and oxygen atoms in total. The third-order valence-corrected chi connectivity index (χ3v) is 3.43. The van der Waals surface area contributed by atoms with E-state index >= 15 is 0 Å². The minimum atomic E-state index is -0.411. The fourth-order valence-corrected chi connectivity index (χ4v) is 2.21. The summed E-state index contributed by atoms with van der Waals surface area (Å²) < 4.78 is 17.4. The van der Waals surface area contributed by atoms with Gasteiger partial charge in [-0.3, -0.25) is 0 Å². The molecule has 0 N–H and O–H groups in total. The average Bonchev–Trinajstić information content (AvgIpc) is 2.87.